The van der Waals surface area contributed by atoms with Crippen LogP contribution in [0, 0.1) is 10.5 Å². The van der Waals surface area contributed by atoms with E-state index in [9.17, 15) is 0 Å². The minimum absolute atomic E-state index is 0.729. The van der Waals surface area contributed by atoms with E-state index in [1.165, 1.54) is 11.1 Å². The zero-order valence-corrected chi connectivity index (χ0v) is 14.5. The van der Waals surface area contributed by atoms with Crippen molar-refractivity contribution in [3.8, 4) is 11.5 Å². The van der Waals surface area contributed by atoms with Gasteiger partial charge in [-0.15, -0.1) is 0 Å². The third-order valence-electron chi connectivity index (χ3n) is 3.18. The Morgan fingerprint density at radius 2 is 1.95 bits per heavy atom. The van der Waals surface area contributed by atoms with Crippen molar-refractivity contribution < 1.29 is 9.47 Å². The van der Waals surface area contributed by atoms with Gasteiger partial charge >= 0.3 is 0 Å². The molecule has 112 valence electrons. The molecule has 2 rings (SSSR count). The van der Waals surface area contributed by atoms with Gasteiger partial charge < -0.3 is 14.8 Å². The first-order valence-electron chi connectivity index (χ1n) is 6.92. The van der Waals surface area contributed by atoms with E-state index in [1.807, 2.05) is 30.3 Å². The molecule has 2 aromatic carbocycles. The van der Waals surface area contributed by atoms with Crippen LogP contribution in [-0.2, 0) is 11.3 Å². The topological polar surface area (TPSA) is 30.5 Å². The van der Waals surface area contributed by atoms with Crippen LogP contribution in [0.2, 0.25) is 0 Å². The number of aryl methyl sites for hydroxylation is 1. The molecule has 0 aliphatic rings. The molecule has 1 N–H and O–H groups in total. The molecule has 4 heteroatoms. The summed E-state index contributed by atoms with van der Waals surface area (Å²) >= 11 is 2.28. The summed E-state index contributed by atoms with van der Waals surface area (Å²) in [6, 6.07) is 14.2. The largest absolute Gasteiger partial charge is 0.456 e. The summed E-state index contributed by atoms with van der Waals surface area (Å²) < 4.78 is 12.1. The minimum Gasteiger partial charge on any atom is -0.456 e. The molecule has 0 fully saturated rings. The lowest BCUT2D eigenvalue weighted by atomic mass is 10.1. The summed E-state index contributed by atoms with van der Waals surface area (Å²) in [5.74, 6) is 1.76. The Morgan fingerprint density at radius 3 is 2.67 bits per heavy atom. The molecule has 2 aromatic rings. The molecule has 0 radical (unpaired) electrons. The Labute approximate surface area is 139 Å². The first-order valence-corrected chi connectivity index (χ1v) is 8.00. The Bertz CT molecular complexity index is 587. The lowest BCUT2D eigenvalue weighted by Gasteiger charge is -2.11. The summed E-state index contributed by atoms with van der Waals surface area (Å²) in [4.78, 5) is 0. The van der Waals surface area contributed by atoms with Crippen molar-refractivity contribution in [1.82, 2.24) is 5.32 Å². The average Bonchev–Trinajstić information content (AvgIpc) is 2.48. The second kappa shape index (κ2) is 8.36. The van der Waals surface area contributed by atoms with Gasteiger partial charge in [-0.1, -0.05) is 18.2 Å². The average molecular weight is 397 g/mol. The number of benzene rings is 2. The maximum atomic E-state index is 5.94. The minimum atomic E-state index is 0.729. The molecule has 0 bridgehead atoms. The van der Waals surface area contributed by atoms with Crippen molar-refractivity contribution in [2.45, 2.75) is 13.5 Å². The monoisotopic (exact) mass is 397 g/mol. The fraction of sp³-hybridized carbons (Fsp3) is 0.294. The van der Waals surface area contributed by atoms with Crippen LogP contribution in [-0.4, -0.2) is 20.3 Å². The predicted octanol–water partition coefficient (Wildman–Crippen LogP) is 4.13. The molecule has 0 atom stereocenters. The number of halogens is 1. The Morgan fingerprint density at radius 1 is 1.14 bits per heavy atom. The summed E-state index contributed by atoms with van der Waals surface area (Å²) in [7, 11) is 1.71. The Balaban J connectivity index is 2.00. The van der Waals surface area contributed by atoms with E-state index >= 15 is 0 Å². The van der Waals surface area contributed by atoms with Crippen molar-refractivity contribution in [3.05, 3.63) is 57.2 Å². The molecule has 0 saturated carbocycles. The van der Waals surface area contributed by atoms with Crippen LogP contribution in [0.3, 0.4) is 0 Å². The third kappa shape index (κ3) is 4.98. The highest BCUT2D eigenvalue weighted by molar-refractivity contribution is 14.1. The van der Waals surface area contributed by atoms with E-state index in [0.717, 1.165) is 34.8 Å². The zero-order valence-electron chi connectivity index (χ0n) is 12.4. The first-order chi connectivity index (χ1) is 10.2. The van der Waals surface area contributed by atoms with Gasteiger partial charge in [0.2, 0.25) is 0 Å². The summed E-state index contributed by atoms with van der Waals surface area (Å²) in [5, 5.41) is 3.35. The van der Waals surface area contributed by atoms with Gasteiger partial charge in [0.15, 0.2) is 0 Å². The Kier molecular flexibility index (Phi) is 6.48. The van der Waals surface area contributed by atoms with Gasteiger partial charge in [-0.05, 0) is 64.9 Å². The maximum Gasteiger partial charge on any atom is 0.140 e. The highest BCUT2D eigenvalue weighted by Gasteiger charge is 2.04. The SMILES string of the molecule is COCCNCc1ccc(Oc2ccccc2I)cc1C. The summed E-state index contributed by atoms with van der Waals surface area (Å²) in [6.07, 6.45) is 0. The van der Waals surface area contributed by atoms with Crippen LogP contribution < -0.4 is 10.1 Å². The van der Waals surface area contributed by atoms with Gasteiger partial charge in [-0.2, -0.15) is 0 Å². The fourth-order valence-electron chi connectivity index (χ4n) is 1.98. The molecule has 0 saturated heterocycles. The molecular weight excluding hydrogens is 377 g/mol. The first kappa shape index (κ1) is 16.3. The highest BCUT2D eigenvalue weighted by Crippen LogP contribution is 2.27. The maximum absolute atomic E-state index is 5.94. The predicted molar refractivity (Wildman–Crippen MR) is 94.0 cm³/mol. The van der Waals surface area contributed by atoms with E-state index in [1.54, 1.807) is 7.11 Å². The smallest absolute Gasteiger partial charge is 0.140 e. The second-order valence-electron chi connectivity index (χ2n) is 4.79. The van der Waals surface area contributed by atoms with Crippen LogP contribution in [0.5, 0.6) is 11.5 Å². The van der Waals surface area contributed by atoms with Crippen LogP contribution >= 0.6 is 22.6 Å². The molecular formula is C17H20INO2. The van der Waals surface area contributed by atoms with Crippen molar-refractivity contribution in [2.75, 3.05) is 20.3 Å². The van der Waals surface area contributed by atoms with Crippen LogP contribution in [0.1, 0.15) is 11.1 Å². The molecule has 3 nitrogen and oxygen atoms in total. The van der Waals surface area contributed by atoms with Gasteiger partial charge in [-0.25, -0.2) is 0 Å². The lowest BCUT2D eigenvalue weighted by Crippen LogP contribution is -2.19. The quantitative estimate of drug-likeness (QED) is 0.563. The molecule has 0 aliphatic carbocycles. The lowest BCUT2D eigenvalue weighted by molar-refractivity contribution is 0.199. The van der Waals surface area contributed by atoms with Crippen molar-refractivity contribution in [3.63, 3.8) is 0 Å². The molecule has 0 unspecified atom stereocenters. The van der Waals surface area contributed by atoms with Gasteiger partial charge in [0.1, 0.15) is 11.5 Å². The summed E-state index contributed by atoms with van der Waals surface area (Å²) in [5.41, 5.74) is 2.50. The van der Waals surface area contributed by atoms with Crippen LogP contribution in [0.25, 0.3) is 0 Å². The number of hydrogen-bond acceptors (Lipinski definition) is 3. The van der Waals surface area contributed by atoms with Crippen molar-refractivity contribution in [1.29, 1.82) is 0 Å². The fourth-order valence-corrected chi connectivity index (χ4v) is 2.48. The molecule has 0 aromatic heterocycles. The number of methoxy groups -OCH3 is 1. The van der Waals surface area contributed by atoms with E-state index < -0.39 is 0 Å². The van der Waals surface area contributed by atoms with Gasteiger partial charge in [0, 0.05) is 20.2 Å². The standard InChI is InChI=1S/C17H20INO2/c1-13-11-15(21-17-6-4-3-5-16(17)18)8-7-14(13)12-19-9-10-20-2/h3-8,11,19H,9-10,12H2,1-2H3. The number of nitrogens with one attached hydrogen (secondary N) is 1. The molecule has 0 aliphatic heterocycles. The molecule has 0 heterocycles. The van der Waals surface area contributed by atoms with Crippen LogP contribution in [0.4, 0.5) is 0 Å². The number of rotatable bonds is 7. The van der Waals surface area contributed by atoms with Gasteiger partial charge in [0.25, 0.3) is 0 Å². The van der Waals surface area contributed by atoms with Crippen LogP contribution in [0.15, 0.2) is 42.5 Å². The molecule has 21 heavy (non-hydrogen) atoms. The second-order valence-corrected chi connectivity index (χ2v) is 5.95. The van der Waals surface area contributed by atoms with Crippen molar-refractivity contribution >= 4 is 22.6 Å². The normalized spacial score (nSPS) is 10.6. The highest BCUT2D eigenvalue weighted by atomic mass is 127. The van der Waals surface area contributed by atoms with E-state index in [-0.39, 0.29) is 0 Å². The number of para-hydroxylation sites is 1. The number of hydrogen-bond donors (Lipinski definition) is 1. The van der Waals surface area contributed by atoms with Gasteiger partial charge in [-0.3, -0.25) is 0 Å². The van der Waals surface area contributed by atoms with Gasteiger partial charge in [0.05, 0.1) is 10.2 Å². The van der Waals surface area contributed by atoms with Crippen molar-refractivity contribution in [2.24, 2.45) is 0 Å². The molecule has 0 amide bonds. The summed E-state index contributed by atoms with van der Waals surface area (Å²) in [6.45, 7) is 4.54. The third-order valence-corrected chi connectivity index (χ3v) is 4.07. The van der Waals surface area contributed by atoms with E-state index in [0.29, 0.717) is 0 Å². The Hall–Kier alpha value is -1.11. The number of ether oxygens (including phenoxy) is 2. The van der Waals surface area contributed by atoms with E-state index in [4.69, 9.17) is 9.47 Å². The zero-order chi connectivity index (χ0) is 15.1. The van der Waals surface area contributed by atoms with E-state index in [2.05, 4.69) is 47.0 Å². The molecule has 0 spiro atoms.